The van der Waals surface area contributed by atoms with Crippen LogP contribution in [0.2, 0.25) is 5.02 Å². The maximum atomic E-state index is 14.6. The fraction of sp³-hybridized carbons (Fsp3) is 0.340. The molecule has 0 N–H and O–H groups in total. The van der Waals surface area contributed by atoms with Crippen LogP contribution >= 0.6 is 22.9 Å². The molecule has 0 amide bonds. The maximum Gasteiger partial charge on any atom is 0.308 e. The quantitative estimate of drug-likeness (QED) is 0.0618. The second kappa shape index (κ2) is 18.9. The van der Waals surface area contributed by atoms with Gasteiger partial charge in [-0.3, -0.25) is 19.1 Å². The first kappa shape index (κ1) is 46.1. The summed E-state index contributed by atoms with van der Waals surface area (Å²) in [6.07, 6.45) is 6.20. The number of methoxy groups -OCH3 is 2. The molecule has 0 saturated heterocycles. The van der Waals surface area contributed by atoms with E-state index >= 15 is 0 Å². The Bertz CT molecular complexity index is 3160. The van der Waals surface area contributed by atoms with Crippen LogP contribution in [0.1, 0.15) is 110 Å². The summed E-state index contributed by atoms with van der Waals surface area (Å²) in [5.74, 6) is 0.864. The molecule has 1 aliphatic heterocycles. The zero-order valence-corrected chi connectivity index (χ0v) is 40.6. The minimum atomic E-state index is -3.81. The molecule has 0 spiro atoms. The van der Waals surface area contributed by atoms with Crippen molar-refractivity contribution in [3.8, 4) is 10.8 Å². The van der Waals surface area contributed by atoms with Gasteiger partial charge in [-0.2, -0.15) is 4.31 Å². The van der Waals surface area contributed by atoms with Crippen molar-refractivity contribution in [1.82, 2.24) is 34.1 Å². The van der Waals surface area contributed by atoms with Gasteiger partial charge in [0.25, 0.3) is 0 Å². The number of aliphatic imine (C=N–C) groups is 1. The molecule has 4 aromatic carbocycles. The summed E-state index contributed by atoms with van der Waals surface area (Å²) in [6.45, 7) is 4.17. The third kappa shape index (κ3) is 9.07. The van der Waals surface area contributed by atoms with E-state index in [0.29, 0.717) is 40.0 Å². The number of ether oxygens (including phenoxy) is 2. The van der Waals surface area contributed by atoms with Crippen molar-refractivity contribution in [2.24, 2.45) is 18.0 Å². The average molecular weight is 960 g/mol. The molecule has 67 heavy (non-hydrogen) atoms. The predicted octanol–water partition coefficient (Wildman–Crippen LogP) is 9.30. The third-order valence-electron chi connectivity index (χ3n) is 13.2. The number of thiophene rings is 1. The molecule has 0 bridgehead atoms. The maximum absolute atomic E-state index is 14.6. The number of benzene rings is 4. The smallest absolute Gasteiger partial charge is 0.308 e. The van der Waals surface area contributed by atoms with E-state index in [9.17, 15) is 18.0 Å². The number of esters is 1. The number of ketones is 1. The lowest BCUT2D eigenvalue weighted by Crippen LogP contribution is -2.27. The van der Waals surface area contributed by atoms with Gasteiger partial charge in [0, 0.05) is 42.7 Å². The summed E-state index contributed by atoms with van der Waals surface area (Å²) in [6, 6.07) is 24.2. The van der Waals surface area contributed by atoms with Crippen molar-refractivity contribution in [3.05, 3.63) is 145 Å². The number of aromatic nitrogens is 6. The van der Waals surface area contributed by atoms with Gasteiger partial charge in [-0.05, 0) is 122 Å². The van der Waals surface area contributed by atoms with Gasteiger partial charge in [0.15, 0.2) is 11.6 Å². The van der Waals surface area contributed by atoms with Crippen molar-refractivity contribution >= 4 is 61.5 Å². The molecule has 4 heterocycles. The Morgan fingerprint density at radius 1 is 0.925 bits per heavy atom. The number of carbonyl (C=O) groups excluding carboxylic acids is 2. The van der Waals surface area contributed by atoms with Gasteiger partial charge in [0.2, 0.25) is 10.0 Å². The summed E-state index contributed by atoms with van der Waals surface area (Å²) in [7, 11) is 2.63. The van der Waals surface area contributed by atoms with Crippen molar-refractivity contribution < 1.29 is 27.5 Å². The van der Waals surface area contributed by atoms with Crippen molar-refractivity contribution in [2.45, 2.75) is 82.2 Å². The molecule has 2 aliphatic rings. The Kier molecular flexibility index (Phi) is 13.0. The molecule has 2 unspecified atom stereocenters. The molecule has 3 aromatic heterocycles. The van der Waals surface area contributed by atoms with Crippen LogP contribution in [0.5, 0.6) is 5.75 Å². The monoisotopic (exact) mass is 958 g/mol. The van der Waals surface area contributed by atoms with Crippen LogP contribution in [-0.2, 0) is 39.6 Å². The lowest BCUT2D eigenvalue weighted by molar-refractivity contribution is -0.141. The molecule has 346 valence electrons. The number of rotatable bonds is 13. The second-order valence-corrected chi connectivity index (χ2v) is 21.0. The molecule has 1 fully saturated rings. The van der Waals surface area contributed by atoms with Crippen LogP contribution in [0.4, 0.5) is 0 Å². The predicted molar refractivity (Wildman–Crippen MR) is 258 cm³/mol. The molecular formula is C50H51ClN8O6S2. The zero-order valence-electron chi connectivity index (χ0n) is 38.2. The molecule has 3 atom stereocenters. The number of hydrogen-bond acceptors (Lipinski definition) is 12. The summed E-state index contributed by atoms with van der Waals surface area (Å²) < 4.78 is 43.6. The highest BCUT2D eigenvalue weighted by atomic mass is 35.5. The lowest BCUT2D eigenvalue weighted by Gasteiger charge is -2.20. The molecule has 9 rings (SSSR count). The van der Waals surface area contributed by atoms with Gasteiger partial charge in [-0.25, -0.2) is 13.1 Å². The fourth-order valence-corrected chi connectivity index (χ4v) is 12.1. The van der Waals surface area contributed by atoms with Crippen LogP contribution in [0.25, 0.3) is 16.0 Å². The molecule has 1 saturated carbocycles. The SMILES string of the molecule is COC(=O)C[C@@H]1N=C(c2ccc(Cl)cc2)c2c(sc(C(=O)C3CCCC(c4ccc(S(=O)(=O)N(C)Cc5cc(Cc6cc(OC)c7c(c6)nnn7C)ccc5C)cc4)CC3)c2C)-n2cnnc21. The first-order valence-corrected chi connectivity index (χ1v) is 24.9. The number of nitrogens with zero attached hydrogens (tertiary/aromatic N) is 8. The van der Waals surface area contributed by atoms with E-state index < -0.39 is 22.0 Å². The first-order chi connectivity index (χ1) is 32.2. The Labute approximate surface area is 398 Å². The van der Waals surface area contributed by atoms with E-state index in [-0.39, 0.29) is 35.5 Å². The Balaban J connectivity index is 0.889. The second-order valence-electron chi connectivity index (χ2n) is 17.5. The minimum absolute atomic E-state index is 0.0255. The highest BCUT2D eigenvalue weighted by molar-refractivity contribution is 7.89. The van der Waals surface area contributed by atoms with Crippen molar-refractivity contribution in [1.29, 1.82) is 0 Å². The largest absolute Gasteiger partial charge is 0.494 e. The summed E-state index contributed by atoms with van der Waals surface area (Å²) in [5, 5.41) is 18.3. The van der Waals surface area contributed by atoms with Crippen LogP contribution in [0.15, 0.2) is 95.1 Å². The van der Waals surface area contributed by atoms with Crippen molar-refractivity contribution in [2.75, 3.05) is 21.3 Å². The molecule has 7 aromatic rings. The van der Waals surface area contributed by atoms with E-state index in [0.717, 1.165) is 86.2 Å². The topological polar surface area (TPSA) is 164 Å². The summed E-state index contributed by atoms with van der Waals surface area (Å²) in [5.41, 5.74) is 9.70. The lowest BCUT2D eigenvalue weighted by atomic mass is 9.89. The summed E-state index contributed by atoms with van der Waals surface area (Å²) >= 11 is 7.69. The number of fused-ring (bicyclic) bond motifs is 4. The van der Waals surface area contributed by atoms with E-state index in [2.05, 4.69) is 32.6 Å². The average Bonchev–Trinajstić information content (AvgIpc) is 3.97. The molecule has 14 nitrogen and oxygen atoms in total. The number of aryl methyl sites for hydroxylation is 2. The molecular weight excluding hydrogens is 908 g/mol. The van der Waals surface area contributed by atoms with Crippen LogP contribution in [0.3, 0.4) is 0 Å². The van der Waals surface area contributed by atoms with Crippen LogP contribution < -0.4 is 4.74 Å². The molecule has 17 heteroatoms. The number of hydrogen-bond donors (Lipinski definition) is 0. The molecule has 1 aliphatic carbocycles. The third-order valence-corrected chi connectivity index (χ3v) is 16.6. The first-order valence-electron chi connectivity index (χ1n) is 22.2. The fourth-order valence-electron chi connectivity index (χ4n) is 9.50. The zero-order chi connectivity index (χ0) is 47.1. The number of carbonyl (C=O) groups is 2. The Morgan fingerprint density at radius 3 is 2.45 bits per heavy atom. The minimum Gasteiger partial charge on any atom is -0.494 e. The van der Waals surface area contributed by atoms with Gasteiger partial charge >= 0.3 is 5.97 Å². The van der Waals surface area contributed by atoms with E-state index in [1.807, 2.05) is 67.9 Å². The van der Waals surface area contributed by atoms with Gasteiger partial charge in [0.1, 0.15) is 34.2 Å². The normalized spacial score (nSPS) is 17.4. The van der Waals surface area contributed by atoms with Gasteiger partial charge in [0.05, 0.1) is 36.1 Å². The summed E-state index contributed by atoms with van der Waals surface area (Å²) in [4.78, 5) is 33.2. The molecule has 0 radical (unpaired) electrons. The highest BCUT2D eigenvalue weighted by Crippen LogP contribution is 2.43. The number of halogens is 1. The van der Waals surface area contributed by atoms with Crippen LogP contribution in [0, 0.1) is 19.8 Å². The standard InChI is InChI=1S/C50H51ClN8O6S2/c1-29-10-11-31(22-32-24-40-46(42(25-32)64-5)58(4)56-54-40)23-37(29)27-57(3)67(62,63)39-20-16-34(17-21-39)33-8-7-9-36(13-12-33)47(61)48-30(2)44-45(35-14-18-38(51)19-15-35)53-41(26-43(60)65-6)49-55-52-28-59(49)50(44)66-48/h10-11,14-21,23-25,28,33,36,41H,7-9,12-13,22,26-27H2,1-6H3/t33?,36?,41-/m0/s1. The highest BCUT2D eigenvalue weighted by Gasteiger charge is 2.35. The number of sulfonamides is 1. The number of Topliss-reactive ketones (excluding diaryl/α,β-unsaturated/α-hetero) is 1. The van der Waals surface area contributed by atoms with E-state index in [1.54, 1.807) is 49.4 Å². The Hall–Kier alpha value is -6.07. The Morgan fingerprint density at radius 2 is 1.70 bits per heavy atom. The van der Waals surface area contributed by atoms with Crippen LogP contribution in [-0.4, -0.2) is 81.2 Å². The van der Waals surface area contributed by atoms with E-state index in [1.165, 1.54) is 22.8 Å². The van der Waals surface area contributed by atoms with Gasteiger partial charge in [-0.15, -0.1) is 26.6 Å². The van der Waals surface area contributed by atoms with Crippen molar-refractivity contribution in [3.63, 3.8) is 0 Å². The van der Waals surface area contributed by atoms with Gasteiger partial charge in [-0.1, -0.05) is 65.7 Å². The van der Waals surface area contributed by atoms with Gasteiger partial charge < -0.3 is 9.47 Å². The van der Waals surface area contributed by atoms with E-state index in [4.69, 9.17) is 26.1 Å².